The highest BCUT2D eigenvalue weighted by molar-refractivity contribution is 9.10. The first-order valence-corrected chi connectivity index (χ1v) is 10.4. The quantitative estimate of drug-likeness (QED) is 0.236. The number of hydrogen-bond acceptors (Lipinski definition) is 4. The molecule has 168 valence electrons. The minimum atomic E-state index is -1.04. The van der Waals surface area contributed by atoms with Crippen molar-refractivity contribution in [1.82, 2.24) is 9.97 Å². The van der Waals surface area contributed by atoms with Gasteiger partial charge in [-0.3, -0.25) is 9.59 Å². The lowest BCUT2D eigenvalue weighted by Crippen LogP contribution is -2.32. The molecule has 0 unspecified atom stereocenters. The zero-order chi connectivity index (χ0) is 23.4. The molecule has 8 N–H and O–H groups in total. The van der Waals surface area contributed by atoms with Gasteiger partial charge in [0.1, 0.15) is 17.9 Å². The van der Waals surface area contributed by atoms with Gasteiger partial charge < -0.3 is 31.6 Å². The number of benzene rings is 2. The summed E-state index contributed by atoms with van der Waals surface area (Å²) in [5, 5.41) is 19.3. The third-order valence-corrected chi connectivity index (χ3v) is 5.47. The average molecular weight is 505 g/mol. The first kappa shape index (κ1) is 23.5. The molecule has 32 heavy (non-hydrogen) atoms. The van der Waals surface area contributed by atoms with Crippen molar-refractivity contribution in [3.05, 3.63) is 70.2 Å². The average Bonchev–Trinajstić information content (AvgIpc) is 3.31. The lowest BCUT2D eigenvalue weighted by atomic mass is 10.1. The summed E-state index contributed by atoms with van der Waals surface area (Å²) >= 11 is 3.38. The Kier molecular flexibility index (Phi) is 7.29. The highest BCUT2D eigenvalue weighted by Gasteiger charge is 2.15. The molecule has 0 spiro atoms. The van der Waals surface area contributed by atoms with Crippen LogP contribution in [0.15, 0.2) is 53.3 Å². The van der Waals surface area contributed by atoms with E-state index in [0.29, 0.717) is 11.9 Å². The number of fused-ring (bicyclic) bond motifs is 2. The van der Waals surface area contributed by atoms with E-state index in [4.69, 9.17) is 21.7 Å². The molecule has 4 aromatic rings. The summed E-state index contributed by atoms with van der Waals surface area (Å²) in [5.41, 5.74) is 14.3. The van der Waals surface area contributed by atoms with Gasteiger partial charge >= 0.3 is 11.9 Å². The molecule has 0 radical (unpaired) electrons. The van der Waals surface area contributed by atoms with Gasteiger partial charge in [-0.05, 0) is 47.5 Å². The van der Waals surface area contributed by atoms with Crippen molar-refractivity contribution >= 4 is 49.7 Å². The molecule has 0 bridgehead atoms. The number of aromatic amines is 2. The zero-order valence-corrected chi connectivity index (χ0v) is 18.4. The summed E-state index contributed by atoms with van der Waals surface area (Å²) < 4.78 is 13.9. The molecule has 0 fully saturated rings. The summed E-state index contributed by atoms with van der Waals surface area (Å²) in [6.07, 6.45) is 4.01. The number of carboxylic acid groups (broad SMARTS) is 2. The Bertz CT molecular complexity index is 1270. The molecule has 0 amide bonds. The number of nitrogens with two attached hydrogens (primary N) is 2. The molecule has 2 aromatic heterocycles. The molecule has 10 heteroatoms. The van der Waals surface area contributed by atoms with E-state index in [9.17, 15) is 14.0 Å². The fraction of sp³-hybridized carbons (Fsp3) is 0.182. The topological polar surface area (TPSA) is 158 Å². The largest absolute Gasteiger partial charge is 0.480 e. The van der Waals surface area contributed by atoms with E-state index >= 15 is 0 Å². The number of carboxylic acids is 2. The summed E-state index contributed by atoms with van der Waals surface area (Å²) in [6, 6.07) is 8.34. The number of halogens is 2. The standard InChI is InChI=1S/C11H11BrN2O2.C11H11FN2O2/c12-7-1-2-10-8(4-7)6(5-14-10)3-9(13)11(15)16;12-7-1-2-8-6(3-9(13)11(15)16)5-14-10(8)4-7/h2*1-2,4-5,9,14H,3,13H2,(H,15,16)/t2*9-/m00/s1. The molecule has 8 nitrogen and oxygen atoms in total. The van der Waals surface area contributed by atoms with E-state index in [0.717, 1.165) is 31.9 Å². The molecule has 2 heterocycles. The maximum Gasteiger partial charge on any atom is 0.320 e. The number of rotatable bonds is 6. The van der Waals surface area contributed by atoms with Crippen LogP contribution in [-0.4, -0.2) is 44.2 Å². The van der Waals surface area contributed by atoms with Crippen molar-refractivity contribution in [3.8, 4) is 0 Å². The minimum Gasteiger partial charge on any atom is -0.480 e. The van der Waals surface area contributed by atoms with Gasteiger partial charge in [0.15, 0.2) is 0 Å². The van der Waals surface area contributed by atoms with Gasteiger partial charge in [0, 0.05) is 51.5 Å². The molecule has 2 atom stereocenters. The van der Waals surface area contributed by atoms with Crippen LogP contribution in [0.5, 0.6) is 0 Å². The van der Waals surface area contributed by atoms with Crippen LogP contribution in [0.1, 0.15) is 11.1 Å². The van der Waals surface area contributed by atoms with Crippen LogP contribution >= 0.6 is 15.9 Å². The van der Waals surface area contributed by atoms with E-state index in [1.165, 1.54) is 12.1 Å². The van der Waals surface area contributed by atoms with E-state index in [1.807, 2.05) is 18.2 Å². The Morgan fingerprint density at radius 2 is 1.44 bits per heavy atom. The maximum absolute atomic E-state index is 12.9. The first-order chi connectivity index (χ1) is 15.2. The van der Waals surface area contributed by atoms with Crippen LogP contribution in [0, 0.1) is 5.82 Å². The molecule has 0 saturated heterocycles. The monoisotopic (exact) mass is 504 g/mol. The second kappa shape index (κ2) is 9.94. The zero-order valence-electron chi connectivity index (χ0n) is 16.8. The van der Waals surface area contributed by atoms with Gasteiger partial charge in [0.05, 0.1) is 0 Å². The molecular weight excluding hydrogens is 483 g/mol. The number of aromatic nitrogens is 2. The van der Waals surface area contributed by atoms with Crippen LogP contribution in [0.25, 0.3) is 21.8 Å². The molecule has 0 aliphatic carbocycles. The smallest absolute Gasteiger partial charge is 0.320 e. The highest BCUT2D eigenvalue weighted by atomic mass is 79.9. The molecule has 0 saturated carbocycles. The fourth-order valence-electron chi connectivity index (χ4n) is 3.30. The number of hydrogen-bond donors (Lipinski definition) is 6. The van der Waals surface area contributed by atoms with Crippen LogP contribution in [0.3, 0.4) is 0 Å². The summed E-state index contributed by atoms with van der Waals surface area (Å²) in [7, 11) is 0. The molecule has 4 rings (SSSR count). The van der Waals surface area contributed by atoms with Gasteiger partial charge in [-0.15, -0.1) is 0 Å². The Balaban J connectivity index is 0.000000181. The third-order valence-electron chi connectivity index (χ3n) is 4.97. The summed E-state index contributed by atoms with van der Waals surface area (Å²) in [6.45, 7) is 0. The maximum atomic E-state index is 12.9. The van der Waals surface area contributed by atoms with Gasteiger partial charge in [-0.25, -0.2) is 4.39 Å². The second-order valence-corrected chi connectivity index (χ2v) is 8.22. The molecule has 0 aliphatic heterocycles. The number of aliphatic carboxylic acids is 2. The minimum absolute atomic E-state index is 0.223. The Morgan fingerprint density at radius 1 is 0.875 bits per heavy atom. The summed E-state index contributed by atoms with van der Waals surface area (Å²) in [4.78, 5) is 27.3. The third kappa shape index (κ3) is 5.52. The predicted molar refractivity (Wildman–Crippen MR) is 123 cm³/mol. The van der Waals surface area contributed by atoms with Crippen LogP contribution in [-0.2, 0) is 22.4 Å². The van der Waals surface area contributed by atoms with Crippen LogP contribution in [0.2, 0.25) is 0 Å². The van der Waals surface area contributed by atoms with Gasteiger partial charge in [-0.2, -0.15) is 0 Å². The van der Waals surface area contributed by atoms with Crippen molar-refractivity contribution in [3.63, 3.8) is 0 Å². The Hall–Kier alpha value is -3.21. The lowest BCUT2D eigenvalue weighted by molar-refractivity contribution is -0.139. The lowest BCUT2D eigenvalue weighted by Gasteiger charge is -2.04. The van der Waals surface area contributed by atoms with E-state index < -0.39 is 24.0 Å². The molecular formula is C22H22BrFN4O4. The van der Waals surface area contributed by atoms with Crippen LogP contribution in [0.4, 0.5) is 4.39 Å². The number of H-pyrrole nitrogens is 2. The highest BCUT2D eigenvalue weighted by Crippen LogP contribution is 2.23. The fourth-order valence-corrected chi connectivity index (χ4v) is 3.66. The summed E-state index contributed by atoms with van der Waals surface area (Å²) in [5.74, 6) is -2.36. The predicted octanol–water partition coefficient (Wildman–Crippen LogP) is 3.15. The number of carbonyl (C=O) groups is 2. The van der Waals surface area contributed by atoms with Crippen molar-refractivity contribution in [2.45, 2.75) is 24.9 Å². The number of nitrogens with one attached hydrogen (secondary N) is 2. The Labute approximate surface area is 190 Å². The van der Waals surface area contributed by atoms with E-state index in [1.54, 1.807) is 18.5 Å². The van der Waals surface area contributed by atoms with Crippen LogP contribution < -0.4 is 11.5 Å². The normalized spacial score (nSPS) is 12.9. The molecule has 0 aliphatic rings. The van der Waals surface area contributed by atoms with E-state index in [2.05, 4.69) is 25.9 Å². The van der Waals surface area contributed by atoms with Crippen molar-refractivity contribution in [2.24, 2.45) is 11.5 Å². The first-order valence-electron chi connectivity index (χ1n) is 9.63. The molecule has 2 aromatic carbocycles. The van der Waals surface area contributed by atoms with Gasteiger partial charge in [0.2, 0.25) is 0 Å². The van der Waals surface area contributed by atoms with Gasteiger partial charge in [0.25, 0.3) is 0 Å². The van der Waals surface area contributed by atoms with Gasteiger partial charge in [-0.1, -0.05) is 15.9 Å². The SMILES string of the molecule is N[C@@H](Cc1c[nH]c2cc(F)ccc12)C(=O)O.N[C@@H](Cc1c[nH]c2ccc(Br)cc12)C(=O)O. The van der Waals surface area contributed by atoms with Crippen molar-refractivity contribution in [1.29, 1.82) is 0 Å². The van der Waals surface area contributed by atoms with E-state index in [-0.39, 0.29) is 12.2 Å². The second-order valence-electron chi connectivity index (χ2n) is 7.31. The van der Waals surface area contributed by atoms with Crippen molar-refractivity contribution in [2.75, 3.05) is 0 Å². The van der Waals surface area contributed by atoms with Crippen molar-refractivity contribution < 1.29 is 24.2 Å². The Morgan fingerprint density at radius 3 is 2.03 bits per heavy atom.